The Morgan fingerprint density at radius 2 is 0.766 bits per heavy atom. The van der Waals surface area contributed by atoms with Gasteiger partial charge in [-0.1, -0.05) is 55.5 Å². The van der Waals surface area contributed by atoms with E-state index in [1.54, 1.807) is 0 Å². The van der Waals surface area contributed by atoms with Gasteiger partial charge in [-0.25, -0.2) is 9.59 Å². The van der Waals surface area contributed by atoms with Crippen molar-refractivity contribution in [2.24, 2.45) is 22.9 Å². The zero-order valence-electron chi connectivity index (χ0n) is 52.0. The number of nitrogens with one attached hydrogen (secondary N) is 2. The Hall–Kier alpha value is -2.89. The van der Waals surface area contributed by atoms with Crippen LogP contribution >= 0.6 is 15.9 Å². The van der Waals surface area contributed by atoms with E-state index in [-0.39, 0.29) is 48.0 Å². The molecule has 0 atom stereocenters. The first-order valence-electron chi connectivity index (χ1n) is 28.2. The number of esters is 3. The number of carbonyl (C=O) groups excluding carboxylic acids is 5. The summed E-state index contributed by atoms with van der Waals surface area (Å²) < 4.78 is 35.6. The number of carbonyl (C=O) groups is 5. The number of halogens is 1. The van der Waals surface area contributed by atoms with Crippen molar-refractivity contribution in [1.29, 1.82) is 0 Å². The van der Waals surface area contributed by atoms with Gasteiger partial charge in [0.2, 0.25) is 0 Å². The number of hydrogen-bond acceptors (Lipinski definition) is 18. The first-order valence-corrected chi connectivity index (χ1v) is 29.3. The van der Waals surface area contributed by atoms with Crippen molar-refractivity contribution in [3.05, 3.63) is 0 Å². The Labute approximate surface area is 477 Å². The van der Waals surface area contributed by atoms with E-state index in [0.29, 0.717) is 39.3 Å². The van der Waals surface area contributed by atoms with Crippen LogP contribution in [0.4, 0.5) is 9.59 Å². The number of alkyl carbamates (subject to hydrolysis) is 2. The molecular formula is C56H119BrN8O12. The largest absolute Gasteiger partial charge is 0.459 e. The van der Waals surface area contributed by atoms with E-state index in [1.165, 1.54) is 51.4 Å². The topological polar surface area (TPSA) is 285 Å². The highest BCUT2D eigenvalue weighted by Gasteiger charge is 2.21. The van der Waals surface area contributed by atoms with E-state index >= 15 is 0 Å². The third-order valence-corrected chi connectivity index (χ3v) is 9.32. The SMILES string of the molecule is C1CCOC1.C1CCOC1.CC(C)(C)OC(=O)CBr.CC(C)(C)OC(=O)CN(CCN)CCN.CCCCCCNC(=O)OC(C)(C)C.CCCN(CCNC(=O)OC(C)(C)C)CC(=O)OC(C)(C)C.NCCCCCN. The van der Waals surface area contributed by atoms with Crippen LogP contribution < -0.4 is 33.6 Å². The summed E-state index contributed by atoms with van der Waals surface area (Å²) in [6, 6.07) is 0. The molecule has 20 nitrogen and oxygen atoms in total. The number of ether oxygens (including phenoxy) is 7. The van der Waals surface area contributed by atoms with Gasteiger partial charge < -0.3 is 66.7 Å². The number of nitrogens with zero attached hydrogens (tertiary/aromatic N) is 2. The van der Waals surface area contributed by atoms with Crippen LogP contribution in [0.25, 0.3) is 0 Å². The molecule has 21 heteroatoms. The van der Waals surface area contributed by atoms with Gasteiger partial charge in [0.05, 0.1) is 13.1 Å². The van der Waals surface area contributed by atoms with Crippen LogP contribution in [-0.2, 0) is 47.5 Å². The first kappa shape index (κ1) is 82.9. The minimum atomic E-state index is -0.510. The number of hydrogen-bond donors (Lipinski definition) is 6. The second-order valence-electron chi connectivity index (χ2n) is 23.2. The molecule has 77 heavy (non-hydrogen) atoms. The summed E-state index contributed by atoms with van der Waals surface area (Å²) in [5.74, 6) is -0.704. The van der Waals surface area contributed by atoms with Gasteiger partial charge in [-0.05, 0) is 175 Å². The molecule has 2 fully saturated rings. The zero-order chi connectivity index (χ0) is 60.4. The molecule has 0 aliphatic carbocycles. The lowest BCUT2D eigenvalue weighted by molar-refractivity contribution is -0.157. The maximum absolute atomic E-state index is 11.9. The summed E-state index contributed by atoms with van der Waals surface area (Å²) in [6.07, 6.45) is 13.4. The van der Waals surface area contributed by atoms with Gasteiger partial charge in [0.1, 0.15) is 33.3 Å². The molecular weight excluding hydrogens is 1060 g/mol. The van der Waals surface area contributed by atoms with Crippen LogP contribution in [0, 0.1) is 0 Å². The molecule has 462 valence electrons. The molecule has 0 saturated carbocycles. The highest BCUT2D eigenvalue weighted by atomic mass is 79.9. The molecule has 0 bridgehead atoms. The molecule has 2 aliphatic heterocycles. The average molecular weight is 1180 g/mol. The Bertz CT molecular complexity index is 1370. The molecule has 10 N–H and O–H groups in total. The molecule has 0 aromatic heterocycles. The van der Waals surface area contributed by atoms with Gasteiger partial charge in [-0.15, -0.1) is 0 Å². The van der Waals surface area contributed by atoms with Crippen molar-refractivity contribution < 1.29 is 57.1 Å². The fourth-order valence-electron chi connectivity index (χ4n) is 5.88. The van der Waals surface area contributed by atoms with Crippen molar-refractivity contribution in [1.82, 2.24) is 20.4 Å². The average Bonchev–Trinajstić information content (AvgIpc) is 4.06. The minimum Gasteiger partial charge on any atom is -0.459 e. The van der Waals surface area contributed by atoms with E-state index in [9.17, 15) is 24.0 Å². The van der Waals surface area contributed by atoms with Crippen molar-refractivity contribution in [2.45, 2.75) is 223 Å². The number of rotatable bonds is 23. The van der Waals surface area contributed by atoms with Crippen LogP contribution in [0.3, 0.4) is 0 Å². The highest BCUT2D eigenvalue weighted by molar-refractivity contribution is 9.09. The molecule has 0 spiro atoms. The number of alkyl halides is 1. The summed E-state index contributed by atoms with van der Waals surface area (Å²) in [5, 5.41) is 5.70. The smallest absolute Gasteiger partial charge is 0.407 e. The van der Waals surface area contributed by atoms with Crippen molar-refractivity contribution in [2.75, 3.05) is 110 Å². The normalized spacial score (nSPS) is 13.1. The summed E-state index contributed by atoms with van der Waals surface area (Å²) in [7, 11) is 0. The van der Waals surface area contributed by atoms with E-state index in [2.05, 4.69) is 33.5 Å². The van der Waals surface area contributed by atoms with E-state index < -0.39 is 28.5 Å². The maximum atomic E-state index is 11.9. The molecule has 0 unspecified atom stereocenters. The molecule has 2 heterocycles. The second kappa shape index (κ2) is 51.3. The van der Waals surface area contributed by atoms with Crippen LogP contribution in [-0.4, -0.2) is 178 Å². The van der Waals surface area contributed by atoms with Crippen LogP contribution in [0.2, 0.25) is 0 Å². The Morgan fingerprint density at radius 3 is 1.04 bits per heavy atom. The first-order chi connectivity index (χ1) is 35.6. The Kier molecular flexibility index (Phi) is 55.2. The van der Waals surface area contributed by atoms with Crippen LogP contribution in [0.15, 0.2) is 0 Å². The quantitative estimate of drug-likeness (QED) is 0.0242. The Balaban J connectivity index is -0.000000277. The lowest BCUT2D eigenvalue weighted by Gasteiger charge is -2.25. The summed E-state index contributed by atoms with van der Waals surface area (Å²) in [4.78, 5) is 60.5. The molecule has 0 radical (unpaired) electrons. The summed E-state index contributed by atoms with van der Waals surface area (Å²) >= 11 is 2.99. The van der Waals surface area contributed by atoms with Crippen LogP contribution in [0.5, 0.6) is 0 Å². The standard InChI is InChI=1S/C16H32N2O4.C11H23NO2.C10H23N3O2.C6H11BrO2.C5H14N2.2C4H8O/c1-8-10-18(12-13(19)21-15(2,3)4)11-9-17-14(20)22-16(5,6)7;1-5-6-7-8-9-12-10(13)14-11(2,3)4;1-10(2,3)15-9(14)8-13(6-4-11)7-5-12;1-6(2,3)9-5(8)4-7;6-4-2-1-3-5-7;2*1-2-4-5-3-1/h8-12H2,1-7H3,(H,17,20);5-9H2,1-4H3,(H,12,13);4-8,11-12H2,1-3H3;4H2,1-3H3;1-7H2;2*1-4H2. The van der Waals surface area contributed by atoms with Crippen molar-refractivity contribution >= 4 is 46.0 Å². The molecule has 2 saturated heterocycles. The fourth-order valence-corrected chi connectivity index (χ4v) is 5.99. The van der Waals surface area contributed by atoms with E-state index in [1.807, 2.05) is 121 Å². The lowest BCUT2D eigenvalue weighted by Crippen LogP contribution is -2.41. The number of amides is 2. The van der Waals surface area contributed by atoms with Gasteiger partial charge in [0.15, 0.2) is 0 Å². The minimum absolute atomic E-state index is 0.220. The summed E-state index contributed by atoms with van der Waals surface area (Å²) in [6.45, 7) is 42.8. The third-order valence-electron chi connectivity index (χ3n) is 8.86. The molecule has 0 aromatic carbocycles. The molecule has 0 aromatic rings. The van der Waals surface area contributed by atoms with E-state index in [0.717, 1.165) is 78.3 Å². The monoisotopic (exact) mass is 1170 g/mol. The number of nitrogens with two attached hydrogens (primary N) is 4. The van der Waals surface area contributed by atoms with Crippen molar-refractivity contribution in [3.8, 4) is 0 Å². The fraction of sp³-hybridized carbons (Fsp3) is 0.911. The molecule has 2 aliphatic rings. The van der Waals surface area contributed by atoms with Gasteiger partial charge in [0, 0.05) is 72.2 Å². The molecule has 2 amide bonds. The second-order valence-corrected chi connectivity index (χ2v) is 23.8. The van der Waals surface area contributed by atoms with Gasteiger partial charge in [-0.3, -0.25) is 24.2 Å². The van der Waals surface area contributed by atoms with E-state index in [4.69, 9.17) is 56.1 Å². The van der Waals surface area contributed by atoms with Gasteiger partial charge in [-0.2, -0.15) is 0 Å². The zero-order valence-corrected chi connectivity index (χ0v) is 53.6. The molecule has 2 rings (SSSR count). The highest BCUT2D eigenvalue weighted by Crippen LogP contribution is 2.11. The van der Waals surface area contributed by atoms with Crippen molar-refractivity contribution in [3.63, 3.8) is 0 Å². The number of unbranched alkanes of at least 4 members (excludes halogenated alkanes) is 5. The lowest BCUT2D eigenvalue weighted by atomic mass is 10.2. The maximum Gasteiger partial charge on any atom is 0.407 e. The third kappa shape index (κ3) is 79.7. The van der Waals surface area contributed by atoms with Gasteiger partial charge >= 0.3 is 30.1 Å². The Morgan fingerprint density at radius 1 is 0.429 bits per heavy atom. The van der Waals surface area contributed by atoms with Gasteiger partial charge in [0.25, 0.3) is 0 Å². The predicted molar refractivity (Wildman–Crippen MR) is 317 cm³/mol. The summed E-state index contributed by atoms with van der Waals surface area (Å²) in [5.41, 5.74) is 19.1. The predicted octanol–water partition coefficient (Wildman–Crippen LogP) is 8.59. The van der Waals surface area contributed by atoms with Crippen LogP contribution in [0.1, 0.15) is 195 Å².